The standard InChI is InChI=1S/C15H25N3O2S/c1-6-20-11-7-15(16,14(11,4)5)13(19)18-10(3)12-17-8-9(2)21-12/h8,10-11H,6-7,16H2,1-5H3,(H,18,19). The van der Waals surface area contributed by atoms with Crippen molar-refractivity contribution in [1.82, 2.24) is 10.3 Å². The number of ether oxygens (including phenoxy) is 1. The highest BCUT2D eigenvalue weighted by Crippen LogP contribution is 2.50. The van der Waals surface area contributed by atoms with E-state index in [9.17, 15) is 4.79 Å². The number of aromatic nitrogens is 1. The molecule has 118 valence electrons. The van der Waals surface area contributed by atoms with Crippen LogP contribution in [0.25, 0.3) is 0 Å². The number of nitrogens with one attached hydrogen (secondary N) is 1. The van der Waals surface area contributed by atoms with E-state index in [1.165, 1.54) is 0 Å². The fourth-order valence-electron chi connectivity index (χ4n) is 2.78. The topological polar surface area (TPSA) is 77.2 Å². The van der Waals surface area contributed by atoms with Crippen LogP contribution < -0.4 is 11.1 Å². The lowest BCUT2D eigenvalue weighted by molar-refractivity contribution is -0.171. The molecule has 3 N–H and O–H groups in total. The van der Waals surface area contributed by atoms with Crippen LogP contribution in [0, 0.1) is 12.3 Å². The Kier molecular flexibility index (Phi) is 4.42. The van der Waals surface area contributed by atoms with E-state index in [-0.39, 0.29) is 23.5 Å². The van der Waals surface area contributed by atoms with Crippen LogP contribution in [-0.4, -0.2) is 29.1 Å². The van der Waals surface area contributed by atoms with Crippen molar-refractivity contribution in [1.29, 1.82) is 0 Å². The van der Waals surface area contributed by atoms with Gasteiger partial charge in [-0.2, -0.15) is 0 Å². The summed E-state index contributed by atoms with van der Waals surface area (Å²) in [6.45, 7) is 10.5. The molecule has 0 saturated heterocycles. The first-order valence-corrected chi connectivity index (χ1v) is 8.17. The monoisotopic (exact) mass is 311 g/mol. The fraction of sp³-hybridized carbons (Fsp3) is 0.733. The summed E-state index contributed by atoms with van der Waals surface area (Å²) in [5.41, 5.74) is 5.12. The van der Waals surface area contributed by atoms with Crippen molar-refractivity contribution in [3.63, 3.8) is 0 Å². The molecular weight excluding hydrogens is 286 g/mol. The van der Waals surface area contributed by atoms with Crippen molar-refractivity contribution in [3.05, 3.63) is 16.1 Å². The maximum atomic E-state index is 12.6. The Balaban J connectivity index is 2.04. The zero-order valence-electron chi connectivity index (χ0n) is 13.4. The fourth-order valence-corrected chi connectivity index (χ4v) is 3.56. The van der Waals surface area contributed by atoms with E-state index in [2.05, 4.69) is 10.3 Å². The summed E-state index contributed by atoms with van der Waals surface area (Å²) in [6.07, 6.45) is 2.42. The van der Waals surface area contributed by atoms with Gasteiger partial charge in [-0.25, -0.2) is 4.98 Å². The molecule has 0 bridgehead atoms. The van der Waals surface area contributed by atoms with Crippen LogP contribution in [0.5, 0.6) is 0 Å². The van der Waals surface area contributed by atoms with Gasteiger partial charge in [-0.1, -0.05) is 13.8 Å². The second kappa shape index (κ2) is 5.66. The Labute approximate surface area is 130 Å². The Bertz CT molecular complexity index is 529. The molecule has 3 unspecified atom stereocenters. The van der Waals surface area contributed by atoms with Crippen LogP contribution in [0.2, 0.25) is 0 Å². The SMILES string of the molecule is CCOC1CC(N)(C(=O)NC(C)c2ncc(C)s2)C1(C)C. The van der Waals surface area contributed by atoms with Gasteiger partial charge in [0, 0.05) is 29.5 Å². The van der Waals surface area contributed by atoms with Gasteiger partial charge in [0.05, 0.1) is 12.1 Å². The van der Waals surface area contributed by atoms with E-state index >= 15 is 0 Å². The molecule has 1 amide bonds. The smallest absolute Gasteiger partial charge is 0.241 e. The molecule has 0 aliphatic heterocycles. The lowest BCUT2D eigenvalue weighted by Gasteiger charge is -2.57. The van der Waals surface area contributed by atoms with Gasteiger partial charge in [-0.3, -0.25) is 4.79 Å². The Morgan fingerprint density at radius 1 is 1.67 bits per heavy atom. The lowest BCUT2D eigenvalue weighted by Crippen LogP contribution is -2.75. The number of rotatable bonds is 5. The Hall–Kier alpha value is -0.980. The minimum absolute atomic E-state index is 0.0377. The highest BCUT2D eigenvalue weighted by molar-refractivity contribution is 7.11. The highest BCUT2D eigenvalue weighted by atomic mass is 32.1. The van der Waals surface area contributed by atoms with Crippen molar-refractivity contribution in [3.8, 4) is 0 Å². The van der Waals surface area contributed by atoms with E-state index in [1.54, 1.807) is 11.3 Å². The number of hydrogen-bond donors (Lipinski definition) is 2. The minimum atomic E-state index is -0.882. The zero-order chi connectivity index (χ0) is 15.8. The van der Waals surface area contributed by atoms with Crippen LogP contribution in [0.15, 0.2) is 6.20 Å². The summed E-state index contributed by atoms with van der Waals surface area (Å²) in [7, 11) is 0. The van der Waals surface area contributed by atoms with Crippen LogP contribution >= 0.6 is 11.3 Å². The number of thiazole rings is 1. The maximum absolute atomic E-state index is 12.6. The molecular formula is C15H25N3O2S. The number of nitrogens with zero attached hydrogens (tertiary/aromatic N) is 1. The highest BCUT2D eigenvalue weighted by Gasteiger charge is 2.62. The molecule has 1 aliphatic carbocycles. The van der Waals surface area contributed by atoms with Gasteiger partial charge in [0.2, 0.25) is 5.91 Å². The summed E-state index contributed by atoms with van der Waals surface area (Å²) in [5.74, 6) is -0.121. The Morgan fingerprint density at radius 2 is 2.33 bits per heavy atom. The number of nitrogens with two attached hydrogens (primary N) is 1. The van der Waals surface area contributed by atoms with Gasteiger partial charge in [0.1, 0.15) is 10.5 Å². The normalized spacial score (nSPS) is 28.8. The number of carbonyl (C=O) groups excluding carboxylic acids is 1. The average molecular weight is 311 g/mol. The third-order valence-electron chi connectivity index (χ3n) is 4.59. The van der Waals surface area contributed by atoms with Gasteiger partial charge in [0.25, 0.3) is 0 Å². The molecule has 1 fully saturated rings. The van der Waals surface area contributed by atoms with E-state index in [4.69, 9.17) is 10.5 Å². The van der Waals surface area contributed by atoms with Gasteiger partial charge in [-0.15, -0.1) is 11.3 Å². The number of carbonyl (C=O) groups is 1. The molecule has 1 saturated carbocycles. The van der Waals surface area contributed by atoms with Crippen molar-refractivity contribution in [2.75, 3.05) is 6.61 Å². The van der Waals surface area contributed by atoms with Crippen molar-refractivity contribution in [2.45, 2.75) is 58.7 Å². The third-order valence-corrected chi connectivity index (χ3v) is 5.69. The molecule has 0 radical (unpaired) electrons. The van der Waals surface area contributed by atoms with Crippen LogP contribution in [0.4, 0.5) is 0 Å². The van der Waals surface area contributed by atoms with Gasteiger partial charge < -0.3 is 15.8 Å². The van der Waals surface area contributed by atoms with Crippen molar-refractivity contribution in [2.24, 2.45) is 11.1 Å². The second-order valence-electron chi connectivity index (χ2n) is 6.35. The van der Waals surface area contributed by atoms with Crippen LogP contribution in [0.1, 0.15) is 50.0 Å². The largest absolute Gasteiger partial charge is 0.378 e. The summed E-state index contributed by atoms with van der Waals surface area (Å²) >= 11 is 1.59. The molecule has 5 nitrogen and oxygen atoms in total. The summed E-state index contributed by atoms with van der Waals surface area (Å²) in [4.78, 5) is 18.0. The predicted molar refractivity (Wildman–Crippen MR) is 84.1 cm³/mol. The molecule has 21 heavy (non-hydrogen) atoms. The van der Waals surface area contributed by atoms with Crippen molar-refractivity contribution >= 4 is 17.2 Å². The summed E-state index contributed by atoms with van der Waals surface area (Å²) < 4.78 is 5.66. The van der Waals surface area contributed by atoms with Crippen molar-refractivity contribution < 1.29 is 9.53 Å². The van der Waals surface area contributed by atoms with E-state index in [0.717, 1.165) is 9.88 Å². The van der Waals surface area contributed by atoms with E-state index < -0.39 is 5.54 Å². The van der Waals surface area contributed by atoms with E-state index in [1.807, 2.05) is 40.8 Å². The molecule has 0 spiro atoms. The van der Waals surface area contributed by atoms with Crippen LogP contribution in [-0.2, 0) is 9.53 Å². The molecule has 0 aromatic carbocycles. The third kappa shape index (κ3) is 2.72. The first kappa shape index (κ1) is 16.4. The quantitative estimate of drug-likeness (QED) is 0.873. The number of amides is 1. The predicted octanol–water partition coefficient (Wildman–Crippen LogP) is 2.16. The average Bonchev–Trinajstić information content (AvgIpc) is 2.84. The minimum Gasteiger partial charge on any atom is -0.378 e. The zero-order valence-corrected chi connectivity index (χ0v) is 14.2. The van der Waals surface area contributed by atoms with Gasteiger partial charge >= 0.3 is 0 Å². The van der Waals surface area contributed by atoms with Crippen LogP contribution in [0.3, 0.4) is 0 Å². The summed E-state index contributed by atoms with van der Waals surface area (Å²) in [6, 6.07) is -0.126. The summed E-state index contributed by atoms with van der Waals surface area (Å²) in [5, 5.41) is 3.90. The second-order valence-corrected chi connectivity index (χ2v) is 7.61. The molecule has 1 aromatic rings. The maximum Gasteiger partial charge on any atom is 0.241 e. The molecule has 2 rings (SSSR count). The Morgan fingerprint density at radius 3 is 2.81 bits per heavy atom. The lowest BCUT2D eigenvalue weighted by atomic mass is 9.54. The van der Waals surface area contributed by atoms with E-state index in [0.29, 0.717) is 13.0 Å². The molecule has 1 aromatic heterocycles. The number of aryl methyl sites for hydroxylation is 1. The molecule has 1 aliphatic rings. The molecule has 6 heteroatoms. The van der Waals surface area contributed by atoms with Gasteiger partial charge in [0.15, 0.2) is 0 Å². The molecule has 1 heterocycles. The molecule has 3 atom stereocenters. The number of hydrogen-bond acceptors (Lipinski definition) is 5. The first-order chi connectivity index (χ1) is 9.72. The first-order valence-electron chi connectivity index (χ1n) is 7.36. The van der Waals surface area contributed by atoms with Gasteiger partial charge in [-0.05, 0) is 20.8 Å².